The highest BCUT2D eigenvalue weighted by molar-refractivity contribution is 6.33. The van der Waals surface area contributed by atoms with Crippen molar-refractivity contribution < 1.29 is 17.7 Å². The Kier molecular flexibility index (Phi) is 6.76. The summed E-state index contributed by atoms with van der Waals surface area (Å²) in [7, 11) is 0. The summed E-state index contributed by atoms with van der Waals surface area (Å²) in [4.78, 5) is 19.4. The summed E-state index contributed by atoms with van der Waals surface area (Å²) in [6.45, 7) is 5.71. The van der Waals surface area contributed by atoms with Gasteiger partial charge in [0.05, 0.1) is 33.6 Å². The van der Waals surface area contributed by atoms with E-state index in [1.807, 2.05) is 13.8 Å². The summed E-state index contributed by atoms with van der Waals surface area (Å²) >= 11 is 6.03. The van der Waals surface area contributed by atoms with Gasteiger partial charge in [0.1, 0.15) is 5.65 Å². The second-order valence-electron chi connectivity index (χ2n) is 7.52. The number of rotatable bonds is 3. The largest absolute Gasteiger partial charge is 0.416 e. The first-order valence-electron chi connectivity index (χ1n) is 10.8. The van der Waals surface area contributed by atoms with Crippen molar-refractivity contribution in [3.8, 4) is 22.8 Å². The average Bonchev–Trinajstić information content (AvgIpc) is 3.47. The Morgan fingerprint density at radius 2 is 1.88 bits per heavy atom. The van der Waals surface area contributed by atoms with Crippen molar-refractivity contribution >= 4 is 17.2 Å². The van der Waals surface area contributed by atoms with Crippen molar-refractivity contribution in [1.29, 1.82) is 0 Å². The van der Waals surface area contributed by atoms with Crippen LogP contribution in [0.25, 0.3) is 28.5 Å². The van der Waals surface area contributed by atoms with Crippen molar-refractivity contribution in [2.45, 2.75) is 38.8 Å². The molecule has 1 aliphatic heterocycles. The molecule has 1 saturated heterocycles. The Bertz CT molecular complexity index is 1350. The molecule has 1 fully saturated rings. The maximum absolute atomic E-state index is 12.9. The van der Waals surface area contributed by atoms with Gasteiger partial charge >= 0.3 is 6.18 Å². The zero-order valence-corrected chi connectivity index (χ0v) is 19.2. The molecule has 1 aromatic carbocycles. The maximum Gasteiger partial charge on any atom is 0.416 e. The Balaban J connectivity index is 0.00000133. The summed E-state index contributed by atoms with van der Waals surface area (Å²) in [6.07, 6.45) is -1.24. The molecule has 4 heterocycles. The van der Waals surface area contributed by atoms with Crippen LogP contribution in [0, 0.1) is 0 Å². The molecule has 0 spiro atoms. The first-order valence-corrected chi connectivity index (χ1v) is 11.2. The number of halogens is 4. The third-order valence-corrected chi connectivity index (χ3v) is 5.80. The maximum atomic E-state index is 12.9. The van der Waals surface area contributed by atoms with Crippen molar-refractivity contribution in [3.63, 3.8) is 0 Å². The molecule has 0 aliphatic carbocycles. The van der Waals surface area contributed by atoms with Crippen LogP contribution in [0.5, 0.6) is 0 Å². The van der Waals surface area contributed by atoms with Gasteiger partial charge in [-0.2, -0.15) is 23.3 Å². The molecule has 3 aromatic heterocycles. The van der Waals surface area contributed by atoms with Crippen LogP contribution in [0.2, 0.25) is 5.02 Å². The number of aromatic nitrogens is 5. The molecule has 2 N–H and O–H groups in total. The number of benzene rings is 1. The summed E-state index contributed by atoms with van der Waals surface area (Å²) in [5.74, 6) is 0.264. The summed E-state index contributed by atoms with van der Waals surface area (Å²) in [5, 5.41) is 11.4. The molecule has 0 unspecified atom stereocenters. The predicted molar refractivity (Wildman–Crippen MR) is 121 cm³/mol. The molecule has 0 bridgehead atoms. The van der Waals surface area contributed by atoms with Crippen LogP contribution in [-0.4, -0.2) is 37.8 Å². The number of nitrogens with one attached hydrogen (secondary N) is 2. The van der Waals surface area contributed by atoms with E-state index in [2.05, 4.69) is 25.5 Å². The van der Waals surface area contributed by atoms with Crippen LogP contribution in [0.1, 0.15) is 43.9 Å². The molecule has 0 saturated carbocycles. The number of hydrogen-bond donors (Lipinski definition) is 2. The monoisotopic (exact) mass is 494 g/mol. The van der Waals surface area contributed by atoms with Gasteiger partial charge in [-0.05, 0) is 44.1 Å². The number of hydrogen-bond acceptors (Lipinski definition) is 6. The van der Waals surface area contributed by atoms with Crippen LogP contribution in [0.3, 0.4) is 0 Å². The molecule has 180 valence electrons. The van der Waals surface area contributed by atoms with Crippen molar-refractivity contribution in [1.82, 2.24) is 30.1 Å². The Labute approximate surface area is 197 Å². The molecule has 1 aliphatic rings. The second-order valence-corrected chi connectivity index (χ2v) is 7.92. The van der Waals surface area contributed by atoms with E-state index >= 15 is 0 Å². The Morgan fingerprint density at radius 1 is 1.15 bits per heavy atom. The molecular formula is C22H22ClF3N6O2. The molecular weight excluding hydrogens is 473 g/mol. The van der Waals surface area contributed by atoms with Gasteiger partial charge in [-0.15, -0.1) is 0 Å². The highest BCUT2D eigenvalue weighted by Crippen LogP contribution is 2.36. The third-order valence-electron chi connectivity index (χ3n) is 5.49. The molecule has 8 nitrogen and oxygen atoms in total. The van der Waals surface area contributed by atoms with Gasteiger partial charge in [0, 0.05) is 12.0 Å². The topological polar surface area (TPSA) is 101 Å². The smallest absolute Gasteiger partial charge is 0.334 e. The fraction of sp³-hybridized carbons (Fsp3) is 0.364. The van der Waals surface area contributed by atoms with Gasteiger partial charge in [-0.3, -0.25) is 4.79 Å². The van der Waals surface area contributed by atoms with E-state index in [-0.39, 0.29) is 33.8 Å². The normalized spacial score (nSPS) is 14.8. The van der Waals surface area contributed by atoms with E-state index < -0.39 is 11.7 Å². The van der Waals surface area contributed by atoms with Gasteiger partial charge in [0.25, 0.3) is 11.4 Å². The van der Waals surface area contributed by atoms with Gasteiger partial charge in [0.15, 0.2) is 0 Å². The summed E-state index contributed by atoms with van der Waals surface area (Å²) < 4.78 is 45.6. The molecule has 34 heavy (non-hydrogen) atoms. The summed E-state index contributed by atoms with van der Waals surface area (Å²) in [5.41, 5.74) is 0.650. The highest BCUT2D eigenvalue weighted by Gasteiger charge is 2.31. The lowest BCUT2D eigenvalue weighted by Gasteiger charge is -2.23. The van der Waals surface area contributed by atoms with Crippen LogP contribution in [0.15, 0.2) is 39.8 Å². The SMILES string of the molecule is CC.O=c1cc(C2CCNCC2)n2ncc(-c3noc(-c4ccc(C(F)(F)F)cc4Cl)n3)c2[nH]1. The average molecular weight is 495 g/mol. The summed E-state index contributed by atoms with van der Waals surface area (Å²) in [6, 6.07) is 4.42. The Hall–Kier alpha value is -3.18. The molecule has 4 aromatic rings. The molecule has 0 radical (unpaired) electrons. The van der Waals surface area contributed by atoms with Gasteiger partial charge in [-0.1, -0.05) is 30.6 Å². The number of H-pyrrole nitrogens is 1. The van der Waals surface area contributed by atoms with Crippen LogP contribution < -0.4 is 10.9 Å². The van der Waals surface area contributed by atoms with E-state index in [0.717, 1.165) is 43.8 Å². The lowest BCUT2D eigenvalue weighted by atomic mass is 9.94. The Morgan fingerprint density at radius 3 is 2.56 bits per heavy atom. The van der Waals surface area contributed by atoms with Gasteiger partial charge in [0.2, 0.25) is 5.82 Å². The van der Waals surface area contributed by atoms with Crippen molar-refractivity contribution in [2.24, 2.45) is 0 Å². The van der Waals surface area contributed by atoms with Gasteiger partial charge in [-0.25, -0.2) is 4.52 Å². The van der Waals surface area contributed by atoms with Crippen LogP contribution in [-0.2, 0) is 6.18 Å². The van der Waals surface area contributed by atoms with E-state index in [0.29, 0.717) is 11.2 Å². The zero-order chi connectivity index (χ0) is 24.5. The first-order chi connectivity index (χ1) is 16.3. The minimum atomic E-state index is -4.52. The third kappa shape index (κ3) is 4.58. The fourth-order valence-electron chi connectivity index (χ4n) is 3.89. The molecule has 12 heteroatoms. The standard InChI is InChI=1S/C20H16ClF3N6O2.C2H6/c21-14-7-11(20(22,23)24)1-2-12(14)19-28-17(29-32-19)13-9-26-30-15(8-16(31)27-18(13)30)10-3-5-25-6-4-10;1-2/h1-2,7-10,25H,3-6H2,(H,27,31);1-2H3. The molecule has 0 amide bonds. The lowest BCUT2D eigenvalue weighted by molar-refractivity contribution is -0.137. The van der Waals surface area contributed by atoms with Crippen molar-refractivity contribution in [2.75, 3.05) is 13.1 Å². The van der Waals surface area contributed by atoms with Crippen LogP contribution >= 0.6 is 11.6 Å². The lowest BCUT2D eigenvalue weighted by Crippen LogP contribution is -2.28. The number of piperidine rings is 1. The van der Waals surface area contributed by atoms with Crippen LogP contribution in [0.4, 0.5) is 13.2 Å². The number of alkyl halides is 3. The highest BCUT2D eigenvalue weighted by atomic mass is 35.5. The fourth-order valence-corrected chi connectivity index (χ4v) is 4.15. The number of fused-ring (bicyclic) bond motifs is 1. The number of aromatic amines is 1. The van der Waals surface area contributed by atoms with E-state index in [9.17, 15) is 18.0 Å². The van der Waals surface area contributed by atoms with E-state index in [4.69, 9.17) is 16.1 Å². The quantitative estimate of drug-likeness (QED) is 0.420. The minimum Gasteiger partial charge on any atom is -0.334 e. The van der Waals surface area contributed by atoms with Gasteiger partial charge < -0.3 is 14.8 Å². The number of nitrogens with zero attached hydrogens (tertiary/aromatic N) is 4. The van der Waals surface area contributed by atoms with E-state index in [1.165, 1.54) is 12.3 Å². The first kappa shape index (κ1) is 24.0. The van der Waals surface area contributed by atoms with E-state index in [1.54, 1.807) is 10.6 Å². The minimum absolute atomic E-state index is 0.0464. The predicted octanol–water partition coefficient (Wildman–Crippen LogP) is 4.91. The molecule has 0 atom stereocenters. The zero-order valence-electron chi connectivity index (χ0n) is 18.4. The second kappa shape index (κ2) is 9.59. The molecule has 5 rings (SSSR count). The van der Waals surface area contributed by atoms with Crippen molar-refractivity contribution in [3.05, 3.63) is 57.1 Å².